The van der Waals surface area contributed by atoms with E-state index >= 15 is 0 Å². The monoisotopic (exact) mass is 471 g/mol. The maximum Gasteiger partial charge on any atom is 0.224 e. The first-order valence-corrected chi connectivity index (χ1v) is 12.6. The molecule has 0 bridgehead atoms. The number of carbonyl (C=O) groups is 2. The van der Waals surface area contributed by atoms with Crippen LogP contribution < -0.4 is 10.6 Å². The Bertz CT molecular complexity index is 962. The van der Waals surface area contributed by atoms with Crippen LogP contribution in [0.3, 0.4) is 0 Å². The summed E-state index contributed by atoms with van der Waals surface area (Å²) in [7, 11) is 0. The molecule has 1 amide bonds. The SMILES string of the molecule is Cc1ncsc1-c1ccc(CNC(=O)[C@@H]2C[C@@H](O)CC2C(=O)[C@@H](NC(C)C)C(C)(C)C)cc1. The number of aromatic nitrogens is 1. The van der Waals surface area contributed by atoms with Crippen molar-refractivity contribution in [2.24, 2.45) is 17.3 Å². The van der Waals surface area contributed by atoms with Gasteiger partial charge in [-0.3, -0.25) is 9.59 Å². The molecule has 0 spiro atoms. The molecule has 1 heterocycles. The summed E-state index contributed by atoms with van der Waals surface area (Å²) in [6.07, 6.45) is 0.0348. The molecule has 180 valence electrons. The highest BCUT2D eigenvalue weighted by Crippen LogP contribution is 2.36. The van der Waals surface area contributed by atoms with Gasteiger partial charge in [0, 0.05) is 18.5 Å². The summed E-state index contributed by atoms with van der Waals surface area (Å²) in [6, 6.07) is 7.86. The fourth-order valence-electron chi connectivity index (χ4n) is 4.59. The second kappa shape index (κ2) is 10.5. The summed E-state index contributed by atoms with van der Waals surface area (Å²) in [6.45, 7) is 12.5. The van der Waals surface area contributed by atoms with Gasteiger partial charge in [0.2, 0.25) is 5.91 Å². The first kappa shape index (κ1) is 25.5. The quantitative estimate of drug-likeness (QED) is 0.539. The van der Waals surface area contributed by atoms with Crippen molar-refractivity contribution in [1.29, 1.82) is 0 Å². The molecule has 7 heteroatoms. The van der Waals surface area contributed by atoms with E-state index in [0.717, 1.165) is 21.7 Å². The van der Waals surface area contributed by atoms with Gasteiger partial charge in [-0.25, -0.2) is 4.98 Å². The number of hydrogen-bond donors (Lipinski definition) is 3. The van der Waals surface area contributed by atoms with Crippen molar-refractivity contribution in [2.75, 3.05) is 0 Å². The fraction of sp³-hybridized carbons (Fsp3) is 0.577. The Hall–Kier alpha value is -2.09. The highest BCUT2D eigenvalue weighted by molar-refractivity contribution is 7.13. The number of aliphatic hydroxyl groups is 1. The number of nitrogens with one attached hydrogen (secondary N) is 2. The van der Waals surface area contributed by atoms with Gasteiger partial charge in [-0.2, -0.15) is 0 Å². The molecular weight excluding hydrogens is 434 g/mol. The van der Waals surface area contributed by atoms with Crippen molar-refractivity contribution >= 4 is 23.0 Å². The van der Waals surface area contributed by atoms with E-state index < -0.39 is 17.9 Å². The van der Waals surface area contributed by atoms with Crippen LogP contribution in [0.25, 0.3) is 10.4 Å². The van der Waals surface area contributed by atoms with E-state index in [0.29, 0.717) is 19.4 Å². The molecule has 6 nitrogen and oxygen atoms in total. The van der Waals surface area contributed by atoms with Crippen LogP contribution >= 0.6 is 11.3 Å². The van der Waals surface area contributed by atoms with Gasteiger partial charge in [0.1, 0.15) is 0 Å². The van der Waals surface area contributed by atoms with E-state index in [1.165, 1.54) is 0 Å². The Morgan fingerprint density at radius 3 is 2.33 bits per heavy atom. The van der Waals surface area contributed by atoms with Crippen molar-refractivity contribution < 1.29 is 14.7 Å². The third-order valence-corrected chi connectivity index (χ3v) is 7.30. The van der Waals surface area contributed by atoms with Crippen molar-refractivity contribution in [1.82, 2.24) is 15.6 Å². The Balaban J connectivity index is 1.66. The van der Waals surface area contributed by atoms with Gasteiger partial charge in [0.25, 0.3) is 0 Å². The van der Waals surface area contributed by atoms with Crippen molar-refractivity contribution in [3.63, 3.8) is 0 Å². The minimum atomic E-state index is -0.628. The van der Waals surface area contributed by atoms with Gasteiger partial charge >= 0.3 is 0 Å². The highest BCUT2D eigenvalue weighted by Gasteiger charge is 2.46. The molecule has 4 atom stereocenters. The number of rotatable bonds is 8. The van der Waals surface area contributed by atoms with Crippen molar-refractivity contribution in [3.8, 4) is 10.4 Å². The predicted molar refractivity (Wildman–Crippen MR) is 133 cm³/mol. The number of hydrogen-bond acceptors (Lipinski definition) is 6. The van der Waals surface area contributed by atoms with Crippen LogP contribution in [-0.4, -0.2) is 40.0 Å². The first-order valence-electron chi connectivity index (χ1n) is 11.7. The zero-order valence-electron chi connectivity index (χ0n) is 20.5. The Morgan fingerprint density at radius 1 is 1.15 bits per heavy atom. The maximum absolute atomic E-state index is 13.5. The zero-order chi connectivity index (χ0) is 24.3. The van der Waals surface area contributed by atoms with Crippen LogP contribution in [0.4, 0.5) is 0 Å². The van der Waals surface area contributed by atoms with Gasteiger partial charge in [-0.1, -0.05) is 58.9 Å². The number of benzene rings is 1. The lowest BCUT2D eigenvalue weighted by molar-refractivity contribution is -0.135. The topological polar surface area (TPSA) is 91.3 Å². The lowest BCUT2D eigenvalue weighted by Crippen LogP contribution is -2.52. The Morgan fingerprint density at radius 2 is 1.79 bits per heavy atom. The van der Waals surface area contributed by atoms with Crippen LogP contribution in [0.2, 0.25) is 0 Å². The summed E-state index contributed by atoms with van der Waals surface area (Å²) < 4.78 is 0. The van der Waals surface area contributed by atoms with Crippen LogP contribution in [0.15, 0.2) is 29.8 Å². The van der Waals surface area contributed by atoms with E-state index in [2.05, 4.69) is 15.6 Å². The zero-order valence-corrected chi connectivity index (χ0v) is 21.3. The molecular formula is C26H37N3O3S. The van der Waals surface area contributed by atoms with Gasteiger partial charge in [0.15, 0.2) is 5.78 Å². The molecule has 3 rings (SSSR count). The van der Waals surface area contributed by atoms with Crippen LogP contribution in [0.5, 0.6) is 0 Å². The second-order valence-electron chi connectivity index (χ2n) is 10.5. The van der Waals surface area contributed by atoms with E-state index in [9.17, 15) is 14.7 Å². The summed E-state index contributed by atoms with van der Waals surface area (Å²) in [5, 5.41) is 16.7. The molecule has 33 heavy (non-hydrogen) atoms. The van der Waals surface area contributed by atoms with E-state index in [-0.39, 0.29) is 29.2 Å². The number of nitrogens with zero attached hydrogens (tertiary/aromatic N) is 1. The molecule has 1 fully saturated rings. The van der Waals surface area contributed by atoms with E-state index in [1.54, 1.807) is 11.3 Å². The lowest BCUT2D eigenvalue weighted by Gasteiger charge is -2.34. The van der Waals surface area contributed by atoms with Gasteiger partial charge < -0.3 is 15.7 Å². The maximum atomic E-state index is 13.5. The number of aryl methyl sites for hydroxylation is 1. The molecule has 1 aromatic carbocycles. The van der Waals surface area contributed by atoms with E-state index in [4.69, 9.17) is 0 Å². The number of amides is 1. The average Bonchev–Trinajstić information content (AvgIpc) is 3.35. The smallest absolute Gasteiger partial charge is 0.224 e. The number of aliphatic hydroxyl groups excluding tert-OH is 1. The highest BCUT2D eigenvalue weighted by atomic mass is 32.1. The molecule has 1 saturated carbocycles. The number of ketones is 1. The summed E-state index contributed by atoms with van der Waals surface area (Å²) in [5.41, 5.74) is 4.67. The second-order valence-corrected chi connectivity index (χ2v) is 11.4. The first-order chi connectivity index (χ1) is 15.5. The number of thiazole rings is 1. The summed E-state index contributed by atoms with van der Waals surface area (Å²) >= 11 is 1.61. The molecule has 0 saturated heterocycles. The van der Waals surface area contributed by atoms with Crippen molar-refractivity contribution in [2.45, 2.75) is 79.1 Å². The number of Topliss-reactive ketones (excluding diaryl/α,β-unsaturated/α-hetero) is 1. The third kappa shape index (κ3) is 6.28. The molecule has 3 N–H and O–H groups in total. The molecule has 1 aliphatic rings. The number of carbonyl (C=O) groups excluding carboxylic acids is 2. The minimum absolute atomic E-state index is 0.0252. The molecule has 0 radical (unpaired) electrons. The fourth-order valence-corrected chi connectivity index (χ4v) is 5.41. The van der Waals surface area contributed by atoms with E-state index in [1.807, 2.05) is 71.3 Å². The standard InChI is InChI=1S/C26H37N3O3S/c1-15(2)29-24(26(4,5)6)22(31)20-11-19(30)12-21(20)25(32)27-13-17-7-9-18(10-8-17)23-16(3)28-14-33-23/h7-10,14-15,19-21,24,29-30H,11-13H2,1-6H3,(H,27,32)/t19-,20?,21+,24+/m0/s1. The molecule has 1 unspecified atom stereocenters. The average molecular weight is 472 g/mol. The Labute approximate surface area is 201 Å². The summed E-state index contributed by atoms with van der Waals surface area (Å²) in [5.74, 6) is -1.13. The Kier molecular flexibility index (Phi) is 8.08. The molecule has 1 aliphatic carbocycles. The van der Waals surface area contributed by atoms with Crippen molar-refractivity contribution in [3.05, 3.63) is 41.0 Å². The van der Waals surface area contributed by atoms with Crippen LogP contribution in [-0.2, 0) is 16.1 Å². The van der Waals surface area contributed by atoms with Crippen LogP contribution in [0, 0.1) is 24.2 Å². The van der Waals surface area contributed by atoms with Crippen LogP contribution in [0.1, 0.15) is 58.7 Å². The summed E-state index contributed by atoms with van der Waals surface area (Å²) in [4.78, 5) is 32.0. The molecule has 2 aromatic rings. The largest absolute Gasteiger partial charge is 0.393 e. The normalized spacial score (nSPS) is 21.9. The lowest BCUT2D eigenvalue weighted by atomic mass is 9.77. The minimum Gasteiger partial charge on any atom is -0.393 e. The van der Waals surface area contributed by atoms with Gasteiger partial charge in [-0.05, 0) is 36.3 Å². The third-order valence-electron chi connectivity index (χ3n) is 6.32. The molecule has 1 aromatic heterocycles. The van der Waals surface area contributed by atoms with Gasteiger partial charge in [0.05, 0.1) is 34.1 Å². The van der Waals surface area contributed by atoms with Gasteiger partial charge in [-0.15, -0.1) is 11.3 Å². The molecule has 0 aliphatic heterocycles. The predicted octanol–water partition coefficient (Wildman–Crippen LogP) is 4.10.